The molecule has 0 fully saturated rings. The largest absolute Gasteiger partial charge is 0.464 e. The van der Waals surface area contributed by atoms with Gasteiger partial charge in [-0.25, -0.2) is 4.68 Å². The number of nitrogens with zero attached hydrogens (tertiary/aromatic N) is 6. The molecule has 0 atom stereocenters. The van der Waals surface area contributed by atoms with Crippen LogP contribution in [-0.4, -0.2) is 43.1 Å². The van der Waals surface area contributed by atoms with E-state index in [-0.39, 0.29) is 6.01 Å². The highest BCUT2D eigenvalue weighted by molar-refractivity contribution is 9.10. The Bertz CT molecular complexity index is 527. The first-order valence-electron chi connectivity index (χ1n) is 5.84. The molecule has 0 aliphatic heterocycles. The van der Waals surface area contributed by atoms with Gasteiger partial charge in [0.25, 0.3) is 0 Å². The predicted octanol–water partition coefficient (Wildman–Crippen LogP) is 1.26. The molecule has 0 amide bonds. The molecule has 1 N–H and O–H groups in total. The minimum absolute atomic E-state index is 0.275. The van der Waals surface area contributed by atoms with Crippen molar-refractivity contribution in [2.75, 3.05) is 18.5 Å². The van der Waals surface area contributed by atoms with Crippen molar-refractivity contribution in [2.24, 2.45) is 7.05 Å². The first-order chi connectivity index (χ1) is 9.15. The summed E-state index contributed by atoms with van der Waals surface area (Å²) < 4.78 is 7.51. The van der Waals surface area contributed by atoms with Crippen molar-refractivity contribution in [3.05, 3.63) is 4.60 Å². The summed E-state index contributed by atoms with van der Waals surface area (Å²) in [6, 6.07) is 0.275. The second-order valence-electron chi connectivity index (χ2n) is 3.58. The number of nitrogens with one attached hydrogen (secondary N) is 1. The van der Waals surface area contributed by atoms with Crippen molar-refractivity contribution in [2.45, 2.75) is 13.8 Å². The lowest BCUT2D eigenvalue weighted by molar-refractivity contribution is 0.312. The highest BCUT2D eigenvalue weighted by atomic mass is 79.9. The third-order valence-electron chi connectivity index (χ3n) is 2.22. The van der Waals surface area contributed by atoms with Gasteiger partial charge in [-0.1, -0.05) is 5.21 Å². The van der Waals surface area contributed by atoms with Crippen molar-refractivity contribution >= 4 is 21.9 Å². The zero-order chi connectivity index (χ0) is 13.8. The zero-order valence-corrected chi connectivity index (χ0v) is 12.5. The van der Waals surface area contributed by atoms with Crippen LogP contribution < -0.4 is 10.1 Å². The molecule has 2 rings (SSSR count). The number of hydrogen-bond acceptors (Lipinski definition) is 7. The number of rotatable bonds is 5. The Kier molecular flexibility index (Phi) is 4.25. The van der Waals surface area contributed by atoms with Gasteiger partial charge in [-0.05, 0) is 29.8 Å². The smallest absolute Gasteiger partial charge is 0.321 e. The van der Waals surface area contributed by atoms with Gasteiger partial charge in [-0.2, -0.15) is 15.0 Å². The molecule has 0 bridgehead atoms. The maximum absolute atomic E-state index is 5.34. The van der Waals surface area contributed by atoms with Gasteiger partial charge in [-0.3, -0.25) is 0 Å². The van der Waals surface area contributed by atoms with E-state index >= 15 is 0 Å². The molecule has 19 heavy (non-hydrogen) atoms. The normalized spacial score (nSPS) is 10.5. The molecule has 0 aromatic carbocycles. The Hall–Kier alpha value is -1.77. The van der Waals surface area contributed by atoms with Gasteiger partial charge in [0.15, 0.2) is 10.4 Å². The molecule has 2 heterocycles. The molecule has 0 radical (unpaired) electrons. The van der Waals surface area contributed by atoms with Crippen LogP contribution in [0.5, 0.6) is 6.01 Å². The minimum atomic E-state index is 0.275. The van der Waals surface area contributed by atoms with Gasteiger partial charge in [0.1, 0.15) is 5.69 Å². The van der Waals surface area contributed by atoms with Crippen LogP contribution >= 0.6 is 15.9 Å². The Morgan fingerprint density at radius 3 is 2.63 bits per heavy atom. The van der Waals surface area contributed by atoms with Gasteiger partial charge in [0.05, 0.1) is 6.61 Å². The Balaban J connectivity index is 2.49. The lowest BCUT2D eigenvalue weighted by Crippen LogP contribution is -2.09. The van der Waals surface area contributed by atoms with Crippen molar-refractivity contribution < 1.29 is 4.74 Å². The van der Waals surface area contributed by atoms with E-state index in [1.54, 1.807) is 11.7 Å². The second kappa shape index (κ2) is 5.91. The van der Waals surface area contributed by atoms with Crippen LogP contribution in [0.3, 0.4) is 0 Å². The van der Waals surface area contributed by atoms with E-state index in [0.717, 1.165) is 0 Å². The van der Waals surface area contributed by atoms with E-state index in [4.69, 9.17) is 4.74 Å². The predicted molar refractivity (Wildman–Crippen MR) is 72.9 cm³/mol. The first kappa shape index (κ1) is 13.7. The SMILES string of the molecule is CCNc1nc(OCC)nc(-c2c(Br)nnn2C)n1. The van der Waals surface area contributed by atoms with Crippen molar-refractivity contribution in [3.8, 4) is 17.5 Å². The van der Waals surface area contributed by atoms with Gasteiger partial charge in [0, 0.05) is 13.6 Å². The molecule has 0 unspecified atom stereocenters. The number of hydrogen-bond donors (Lipinski definition) is 1. The van der Waals surface area contributed by atoms with Crippen LogP contribution in [0, 0.1) is 0 Å². The fourth-order valence-corrected chi connectivity index (χ4v) is 1.97. The van der Waals surface area contributed by atoms with E-state index < -0.39 is 0 Å². The minimum Gasteiger partial charge on any atom is -0.464 e. The van der Waals surface area contributed by atoms with Crippen LogP contribution in [0.1, 0.15) is 13.8 Å². The summed E-state index contributed by atoms with van der Waals surface area (Å²) in [7, 11) is 1.77. The Morgan fingerprint density at radius 1 is 1.26 bits per heavy atom. The number of aromatic nitrogens is 6. The van der Waals surface area contributed by atoms with Crippen LogP contribution in [0.2, 0.25) is 0 Å². The maximum atomic E-state index is 5.34. The van der Waals surface area contributed by atoms with Crippen LogP contribution in [0.4, 0.5) is 5.95 Å². The van der Waals surface area contributed by atoms with Crippen LogP contribution in [0.15, 0.2) is 4.60 Å². The van der Waals surface area contributed by atoms with Crippen LogP contribution in [-0.2, 0) is 7.05 Å². The Morgan fingerprint density at radius 2 is 2.05 bits per heavy atom. The molecular formula is C10H14BrN7O. The van der Waals surface area contributed by atoms with Crippen molar-refractivity contribution in [3.63, 3.8) is 0 Å². The molecule has 102 valence electrons. The summed E-state index contributed by atoms with van der Waals surface area (Å²) in [6.07, 6.45) is 0. The number of aryl methyl sites for hydroxylation is 1. The molecule has 0 aliphatic rings. The molecular weight excluding hydrogens is 314 g/mol. The van der Waals surface area contributed by atoms with Gasteiger partial charge in [0.2, 0.25) is 5.95 Å². The summed E-state index contributed by atoms with van der Waals surface area (Å²) in [5, 5.41) is 10.9. The van der Waals surface area contributed by atoms with Crippen molar-refractivity contribution in [1.29, 1.82) is 0 Å². The lowest BCUT2D eigenvalue weighted by atomic mass is 10.4. The molecule has 0 saturated heterocycles. The molecule has 0 saturated carbocycles. The van der Waals surface area contributed by atoms with Gasteiger partial charge in [-0.15, -0.1) is 5.10 Å². The second-order valence-corrected chi connectivity index (χ2v) is 4.33. The van der Waals surface area contributed by atoms with Crippen molar-refractivity contribution in [1.82, 2.24) is 29.9 Å². The average molecular weight is 328 g/mol. The maximum Gasteiger partial charge on any atom is 0.321 e. The van der Waals surface area contributed by atoms with E-state index in [1.165, 1.54) is 0 Å². The quantitative estimate of drug-likeness (QED) is 0.883. The molecule has 2 aromatic heterocycles. The highest BCUT2D eigenvalue weighted by Crippen LogP contribution is 2.24. The van der Waals surface area contributed by atoms with E-state index in [9.17, 15) is 0 Å². The van der Waals surface area contributed by atoms with E-state index in [1.807, 2.05) is 13.8 Å². The van der Waals surface area contributed by atoms with Gasteiger partial charge >= 0.3 is 6.01 Å². The summed E-state index contributed by atoms with van der Waals surface area (Å²) in [6.45, 7) is 5.03. The average Bonchev–Trinajstić information content (AvgIpc) is 2.69. The highest BCUT2D eigenvalue weighted by Gasteiger charge is 2.16. The standard InChI is InChI=1S/C10H14BrN7O/c1-4-12-9-13-8(14-10(15-9)19-5-2)6-7(11)16-17-18(6)3/h4-5H2,1-3H3,(H,12,13,14,15). The summed E-state index contributed by atoms with van der Waals surface area (Å²) >= 11 is 3.32. The van der Waals surface area contributed by atoms with Gasteiger partial charge < -0.3 is 10.1 Å². The molecule has 0 spiro atoms. The number of halogens is 1. The monoisotopic (exact) mass is 327 g/mol. The van der Waals surface area contributed by atoms with E-state index in [0.29, 0.717) is 35.2 Å². The summed E-state index contributed by atoms with van der Waals surface area (Å²) in [5.74, 6) is 0.915. The summed E-state index contributed by atoms with van der Waals surface area (Å²) in [4.78, 5) is 12.7. The van der Waals surface area contributed by atoms with Crippen LogP contribution in [0.25, 0.3) is 11.5 Å². The molecule has 9 heteroatoms. The lowest BCUT2D eigenvalue weighted by Gasteiger charge is -2.07. The fraction of sp³-hybridized carbons (Fsp3) is 0.500. The molecule has 0 aliphatic carbocycles. The fourth-order valence-electron chi connectivity index (χ4n) is 1.46. The zero-order valence-electron chi connectivity index (χ0n) is 10.9. The summed E-state index contributed by atoms with van der Waals surface area (Å²) in [5.41, 5.74) is 0.669. The molecule has 8 nitrogen and oxygen atoms in total. The third kappa shape index (κ3) is 2.98. The third-order valence-corrected chi connectivity index (χ3v) is 2.75. The topological polar surface area (TPSA) is 90.6 Å². The van der Waals surface area contributed by atoms with E-state index in [2.05, 4.69) is 46.5 Å². The molecule has 2 aromatic rings. The number of ether oxygens (including phenoxy) is 1. The first-order valence-corrected chi connectivity index (χ1v) is 6.63. The Labute approximate surface area is 118 Å². The number of anilines is 1.